The summed E-state index contributed by atoms with van der Waals surface area (Å²) in [4.78, 5) is 32.2. The third-order valence-corrected chi connectivity index (χ3v) is 4.98. The molecule has 1 atom stereocenters. The first kappa shape index (κ1) is 17.5. The van der Waals surface area contributed by atoms with Crippen LogP contribution in [0.4, 0.5) is 5.69 Å². The van der Waals surface area contributed by atoms with Gasteiger partial charge in [-0.3, -0.25) is 18.9 Å². The monoisotopic (exact) mass is 380 g/mol. The number of nitrogens with one attached hydrogen (secondary N) is 1. The molecular weight excluding hydrogens is 364 g/mol. The maximum Gasteiger partial charge on any atom is 0.282 e. The molecule has 10 heteroatoms. The van der Waals surface area contributed by atoms with Crippen molar-refractivity contribution < 1.29 is 18.4 Å². The Morgan fingerprint density at radius 1 is 1.08 bits per heavy atom. The van der Waals surface area contributed by atoms with Crippen LogP contribution >= 0.6 is 11.3 Å². The molecule has 1 aromatic carbocycles. The number of amides is 2. The lowest BCUT2D eigenvalue weighted by Gasteiger charge is -2.34. The minimum absolute atomic E-state index is 0.102. The highest BCUT2D eigenvalue weighted by Crippen LogP contribution is 2.15. The Bertz CT molecular complexity index is 771. The van der Waals surface area contributed by atoms with Crippen molar-refractivity contribution in [3.8, 4) is 0 Å². The van der Waals surface area contributed by atoms with Gasteiger partial charge in [-0.15, -0.1) is 11.3 Å². The summed E-state index contributed by atoms with van der Waals surface area (Å²) in [6.07, 6.45) is 1.60. The van der Waals surface area contributed by atoms with Gasteiger partial charge in [0.15, 0.2) is 5.01 Å². The van der Waals surface area contributed by atoms with Crippen molar-refractivity contribution in [1.82, 2.24) is 14.8 Å². The molecule has 1 aliphatic heterocycles. The lowest BCUT2D eigenvalue weighted by Crippen LogP contribution is -2.50. The van der Waals surface area contributed by atoms with Crippen LogP contribution in [0.1, 0.15) is 20.2 Å². The standard InChI is InChI=1S/C15H16N4O4S2/c20-14(11-1-3-12(4-2-11)17-25(22)23)18-6-8-19(9-7-18)15(21)13-16-5-10-24-13/h1-5,10,17H,6-9H2,(H,22,23). The SMILES string of the molecule is O=C(c1ccc(NS(=O)O)cc1)N1CCN(C(=O)c2nccs2)CC1. The number of anilines is 1. The van der Waals surface area contributed by atoms with Gasteiger partial charge in [0.2, 0.25) is 0 Å². The van der Waals surface area contributed by atoms with E-state index in [1.54, 1.807) is 45.6 Å². The van der Waals surface area contributed by atoms with Gasteiger partial charge >= 0.3 is 0 Å². The van der Waals surface area contributed by atoms with Crippen LogP contribution in [0, 0.1) is 0 Å². The van der Waals surface area contributed by atoms with Gasteiger partial charge in [-0.05, 0) is 24.3 Å². The molecular formula is C15H16N4O4S2. The van der Waals surface area contributed by atoms with E-state index in [4.69, 9.17) is 4.55 Å². The van der Waals surface area contributed by atoms with Crippen LogP contribution < -0.4 is 4.72 Å². The number of benzene rings is 1. The Hall–Kier alpha value is -2.30. The molecule has 1 aromatic heterocycles. The minimum atomic E-state index is -2.15. The Morgan fingerprint density at radius 3 is 2.20 bits per heavy atom. The molecule has 1 unspecified atom stereocenters. The fraction of sp³-hybridized carbons (Fsp3) is 0.267. The zero-order valence-corrected chi connectivity index (χ0v) is 14.8. The molecule has 2 aromatic rings. The number of carbonyl (C=O) groups excluding carboxylic acids is 2. The summed E-state index contributed by atoms with van der Waals surface area (Å²) >= 11 is -0.841. The topological polar surface area (TPSA) is 103 Å². The summed E-state index contributed by atoms with van der Waals surface area (Å²) in [5.41, 5.74) is 0.949. The van der Waals surface area contributed by atoms with E-state index in [1.807, 2.05) is 0 Å². The molecule has 0 spiro atoms. The molecule has 132 valence electrons. The predicted octanol–water partition coefficient (Wildman–Crippen LogP) is 1.29. The maximum atomic E-state index is 12.5. The van der Waals surface area contributed by atoms with E-state index < -0.39 is 11.3 Å². The van der Waals surface area contributed by atoms with Crippen LogP contribution in [-0.2, 0) is 11.3 Å². The molecule has 1 aliphatic rings. The average Bonchev–Trinajstić information content (AvgIpc) is 3.15. The lowest BCUT2D eigenvalue weighted by atomic mass is 10.1. The molecule has 0 radical (unpaired) electrons. The molecule has 1 fully saturated rings. The first-order valence-corrected chi connectivity index (χ1v) is 9.49. The number of hydrogen-bond donors (Lipinski definition) is 2. The molecule has 0 aliphatic carbocycles. The highest BCUT2D eigenvalue weighted by Gasteiger charge is 2.26. The molecule has 2 amide bonds. The summed E-state index contributed by atoms with van der Waals surface area (Å²) in [6, 6.07) is 6.35. The number of rotatable bonds is 4. The molecule has 25 heavy (non-hydrogen) atoms. The third kappa shape index (κ3) is 4.21. The van der Waals surface area contributed by atoms with Gasteiger partial charge in [-0.25, -0.2) is 9.19 Å². The van der Waals surface area contributed by atoms with E-state index in [1.165, 1.54) is 11.3 Å². The summed E-state index contributed by atoms with van der Waals surface area (Å²) in [5, 5.41) is 2.22. The Labute approximate surface area is 150 Å². The number of piperazine rings is 1. The second-order valence-corrected chi connectivity index (χ2v) is 6.95. The van der Waals surface area contributed by atoms with Crippen LogP contribution in [0.3, 0.4) is 0 Å². The number of hydrogen-bond acceptors (Lipinski definition) is 5. The Kier molecular flexibility index (Phi) is 5.41. The Balaban J connectivity index is 1.58. The Morgan fingerprint density at radius 2 is 1.68 bits per heavy atom. The number of carbonyl (C=O) groups is 2. The predicted molar refractivity (Wildman–Crippen MR) is 94.8 cm³/mol. The smallest absolute Gasteiger partial charge is 0.282 e. The summed E-state index contributed by atoms with van der Waals surface area (Å²) in [7, 11) is 0. The quantitative estimate of drug-likeness (QED) is 0.778. The molecule has 2 heterocycles. The first-order valence-electron chi connectivity index (χ1n) is 7.50. The number of aromatic nitrogens is 1. The summed E-state index contributed by atoms with van der Waals surface area (Å²) in [5.74, 6) is -0.229. The normalized spacial score (nSPS) is 15.7. The van der Waals surface area contributed by atoms with Crippen LogP contribution in [0.25, 0.3) is 0 Å². The number of thiazole rings is 1. The van der Waals surface area contributed by atoms with Crippen molar-refractivity contribution in [3.63, 3.8) is 0 Å². The van der Waals surface area contributed by atoms with Crippen LogP contribution in [0.5, 0.6) is 0 Å². The van der Waals surface area contributed by atoms with E-state index in [9.17, 15) is 13.8 Å². The van der Waals surface area contributed by atoms with Crippen molar-refractivity contribution in [3.05, 3.63) is 46.4 Å². The van der Waals surface area contributed by atoms with Gasteiger partial charge in [0.1, 0.15) is 0 Å². The molecule has 0 bridgehead atoms. The minimum Gasteiger partial charge on any atom is -0.335 e. The van der Waals surface area contributed by atoms with Crippen LogP contribution in [0.15, 0.2) is 35.8 Å². The lowest BCUT2D eigenvalue weighted by molar-refractivity contribution is 0.0535. The van der Waals surface area contributed by atoms with Gasteiger partial charge in [0.25, 0.3) is 23.1 Å². The summed E-state index contributed by atoms with van der Waals surface area (Å²) < 4.78 is 21.8. The van der Waals surface area contributed by atoms with E-state index in [0.717, 1.165) is 0 Å². The van der Waals surface area contributed by atoms with E-state index in [-0.39, 0.29) is 11.8 Å². The maximum absolute atomic E-state index is 12.5. The highest BCUT2D eigenvalue weighted by molar-refractivity contribution is 7.80. The fourth-order valence-corrected chi connectivity index (χ4v) is 3.48. The van der Waals surface area contributed by atoms with Gasteiger partial charge in [-0.1, -0.05) is 0 Å². The van der Waals surface area contributed by atoms with Crippen molar-refractivity contribution >= 4 is 40.1 Å². The van der Waals surface area contributed by atoms with Crippen molar-refractivity contribution in [2.45, 2.75) is 0 Å². The molecule has 0 saturated carbocycles. The summed E-state index contributed by atoms with van der Waals surface area (Å²) in [6.45, 7) is 1.84. The van der Waals surface area contributed by atoms with Crippen molar-refractivity contribution in [1.29, 1.82) is 0 Å². The third-order valence-electron chi connectivity index (χ3n) is 3.81. The zero-order chi connectivity index (χ0) is 17.8. The first-order chi connectivity index (χ1) is 12.0. The van der Waals surface area contributed by atoms with Crippen molar-refractivity contribution in [2.24, 2.45) is 0 Å². The van der Waals surface area contributed by atoms with Gasteiger partial charge in [0, 0.05) is 49.0 Å². The van der Waals surface area contributed by atoms with Gasteiger partial charge < -0.3 is 9.80 Å². The molecule has 2 N–H and O–H groups in total. The van der Waals surface area contributed by atoms with E-state index >= 15 is 0 Å². The second-order valence-electron chi connectivity index (χ2n) is 5.35. The fourth-order valence-electron chi connectivity index (χ4n) is 2.54. The second kappa shape index (κ2) is 7.72. The van der Waals surface area contributed by atoms with E-state index in [2.05, 4.69) is 9.71 Å². The van der Waals surface area contributed by atoms with Crippen molar-refractivity contribution in [2.75, 3.05) is 30.9 Å². The molecule has 3 rings (SSSR count). The highest BCUT2D eigenvalue weighted by atomic mass is 32.2. The van der Waals surface area contributed by atoms with Crippen LogP contribution in [0.2, 0.25) is 0 Å². The number of nitrogens with zero attached hydrogens (tertiary/aromatic N) is 3. The largest absolute Gasteiger partial charge is 0.335 e. The molecule has 8 nitrogen and oxygen atoms in total. The average molecular weight is 380 g/mol. The van der Waals surface area contributed by atoms with E-state index in [0.29, 0.717) is 42.4 Å². The molecule has 1 saturated heterocycles. The zero-order valence-electron chi connectivity index (χ0n) is 13.1. The van der Waals surface area contributed by atoms with Crippen LogP contribution in [-0.4, -0.2) is 61.5 Å². The van der Waals surface area contributed by atoms with Gasteiger partial charge in [-0.2, -0.15) is 0 Å². The van der Waals surface area contributed by atoms with Gasteiger partial charge in [0.05, 0.1) is 0 Å².